The molecule has 0 amide bonds. The van der Waals surface area contributed by atoms with Crippen molar-refractivity contribution in [3.05, 3.63) is 0 Å². The molecule has 0 aromatic rings. The lowest BCUT2D eigenvalue weighted by Crippen LogP contribution is -2.78. The van der Waals surface area contributed by atoms with E-state index in [2.05, 4.69) is 11.6 Å². The van der Waals surface area contributed by atoms with Gasteiger partial charge in [-0.3, -0.25) is 4.57 Å². The van der Waals surface area contributed by atoms with E-state index in [1.165, 1.54) is 0 Å². The molecule has 0 aromatic carbocycles. The van der Waals surface area contributed by atoms with E-state index in [1.54, 1.807) is 0 Å². The Kier molecular flexibility index (Phi) is 9.74. The molecule has 0 radical (unpaired) electrons. The molecule has 0 atom stereocenters. The second kappa shape index (κ2) is 10.1. The highest BCUT2D eigenvalue weighted by atomic mass is 35.5. The zero-order valence-electron chi connectivity index (χ0n) is 18.5. The highest BCUT2D eigenvalue weighted by Gasteiger charge is 3.00. The number of rotatable bonds is 13. The van der Waals surface area contributed by atoms with Crippen molar-refractivity contribution in [2.24, 2.45) is 0 Å². The lowest BCUT2D eigenvalue weighted by Gasteiger charge is -2.46. The highest BCUT2D eigenvalue weighted by Crippen LogP contribution is 2.71. The van der Waals surface area contributed by atoms with Crippen LogP contribution in [0, 0.1) is 0 Å². The molecule has 0 unspecified atom stereocenters. The monoisotopic (exact) mass is 766 g/mol. The Labute approximate surface area is 225 Å². The van der Waals surface area contributed by atoms with Crippen LogP contribution in [0.15, 0.2) is 0 Å². The maximum absolute atomic E-state index is 13.6. The molecular weight excluding hydrogens is 765 g/mol. The second-order valence-electron chi connectivity index (χ2n) is 7.90. The van der Waals surface area contributed by atoms with Gasteiger partial charge in [-0.25, -0.2) is 0 Å². The molecular formula is C13H2ClF26O3P. The van der Waals surface area contributed by atoms with Crippen LogP contribution in [0.1, 0.15) is 0 Å². The van der Waals surface area contributed by atoms with Crippen LogP contribution in [0.3, 0.4) is 0 Å². The van der Waals surface area contributed by atoms with Crippen LogP contribution in [-0.2, 0) is 4.57 Å². The topological polar surface area (TPSA) is 57.5 Å². The van der Waals surface area contributed by atoms with Crippen LogP contribution in [-0.4, -0.2) is 86.0 Å². The molecule has 0 rings (SSSR count). The minimum absolute atomic E-state index is 3.18. The van der Waals surface area contributed by atoms with Gasteiger partial charge in [0.25, 0.3) is 0 Å². The van der Waals surface area contributed by atoms with Gasteiger partial charge in [-0.1, -0.05) is 0 Å². The lowest BCUT2D eigenvalue weighted by molar-refractivity contribution is -0.479. The standard InChI is InChI=1S/C13H2ClF26O3P/c14-12(37,38)10(33,34)8(29,30)6(25,26)4(21,22)2(17,18)1(15,16)3(19,20)5(23,24)7(27,28)9(31,32)11(35,36)13(39,40)44(41,42)43/h(H2,41,42,43). The summed E-state index contributed by atoms with van der Waals surface area (Å²) in [7, 11) is -8.37. The van der Waals surface area contributed by atoms with E-state index in [0.717, 1.165) is 0 Å². The first-order valence-corrected chi connectivity index (χ1v) is 10.9. The number of hydrogen-bond donors (Lipinski definition) is 2. The Morgan fingerprint density at radius 1 is 0.318 bits per heavy atom. The van der Waals surface area contributed by atoms with Gasteiger partial charge in [0.2, 0.25) is 0 Å². The molecule has 266 valence electrons. The Bertz CT molecular complexity index is 1130. The van der Waals surface area contributed by atoms with Crippen LogP contribution < -0.4 is 0 Å². The Hall–Kier alpha value is -1.38. The summed E-state index contributed by atoms with van der Waals surface area (Å²) in [4.78, 5) is 15.7. The smallest absolute Gasteiger partial charge is 0.320 e. The van der Waals surface area contributed by atoms with Crippen molar-refractivity contribution in [2.45, 2.75) is 76.2 Å². The van der Waals surface area contributed by atoms with Gasteiger partial charge in [-0.15, -0.1) is 0 Å². The van der Waals surface area contributed by atoms with Crippen molar-refractivity contribution in [3.63, 3.8) is 0 Å². The summed E-state index contributed by atoms with van der Waals surface area (Å²) in [5.41, 5.74) is -8.12. The molecule has 3 nitrogen and oxygen atoms in total. The maximum atomic E-state index is 13.6. The molecule has 0 aromatic heterocycles. The van der Waals surface area contributed by atoms with Gasteiger partial charge < -0.3 is 9.79 Å². The quantitative estimate of drug-likeness (QED) is 0.112. The van der Waals surface area contributed by atoms with E-state index in [-0.39, 0.29) is 0 Å². The fourth-order valence-corrected chi connectivity index (χ4v) is 2.95. The summed E-state index contributed by atoms with van der Waals surface area (Å²) >= 11 is 3.18. The van der Waals surface area contributed by atoms with Gasteiger partial charge in [0, 0.05) is 0 Å². The van der Waals surface area contributed by atoms with Gasteiger partial charge in [0.05, 0.1) is 0 Å². The second-order valence-corrected chi connectivity index (χ2v) is 10.0. The van der Waals surface area contributed by atoms with Gasteiger partial charge in [0.15, 0.2) is 0 Å². The SMILES string of the molecule is O=P(O)(O)C(F)(F)C(F)(F)C(F)(F)C(F)(F)C(F)(F)C(F)(F)C(F)(F)C(F)(F)C(F)(F)C(F)(F)C(F)(F)C(F)(F)C(F)(F)Cl. The van der Waals surface area contributed by atoms with Gasteiger partial charge in [-0.05, 0) is 11.6 Å². The van der Waals surface area contributed by atoms with E-state index in [1.807, 2.05) is 0 Å². The molecule has 0 saturated heterocycles. The van der Waals surface area contributed by atoms with Crippen molar-refractivity contribution >= 4 is 19.2 Å². The average Bonchev–Trinajstić information content (AvgIpc) is 2.75. The Morgan fingerprint density at radius 2 is 0.455 bits per heavy atom. The fourth-order valence-electron chi connectivity index (χ4n) is 2.32. The normalized spacial score (nSPS) is 17.3. The molecule has 44 heavy (non-hydrogen) atoms. The largest absolute Gasteiger partial charge is 0.413 e. The summed E-state index contributed by atoms with van der Waals surface area (Å²) in [5, 5.41) is -7.31. The molecule has 0 aliphatic rings. The van der Waals surface area contributed by atoms with Gasteiger partial charge >= 0.3 is 83.8 Å². The summed E-state index contributed by atoms with van der Waals surface area (Å²) in [6.45, 7) is 0. The van der Waals surface area contributed by atoms with Gasteiger partial charge in [-0.2, -0.15) is 114 Å². The number of alkyl halides is 27. The summed E-state index contributed by atoms with van der Waals surface area (Å²) < 4.78 is 356. The Morgan fingerprint density at radius 3 is 0.591 bits per heavy atom. The molecule has 0 heterocycles. The third-order valence-corrected chi connectivity index (χ3v) is 6.29. The predicted octanol–water partition coefficient (Wildman–Crippen LogP) is 8.58. The predicted molar refractivity (Wildman–Crippen MR) is 82.2 cm³/mol. The van der Waals surface area contributed by atoms with Crippen molar-refractivity contribution in [3.8, 4) is 0 Å². The molecule has 0 spiro atoms. The zero-order chi connectivity index (χ0) is 37.0. The van der Waals surface area contributed by atoms with E-state index >= 15 is 0 Å². The van der Waals surface area contributed by atoms with Crippen LogP contribution in [0.2, 0.25) is 0 Å². The first-order valence-electron chi connectivity index (χ1n) is 8.91. The summed E-state index contributed by atoms with van der Waals surface area (Å²) in [6.07, 6.45) is 0. The van der Waals surface area contributed by atoms with Gasteiger partial charge in [0.1, 0.15) is 0 Å². The minimum Gasteiger partial charge on any atom is -0.320 e. The molecule has 0 aliphatic heterocycles. The van der Waals surface area contributed by atoms with Crippen molar-refractivity contribution in [2.75, 3.05) is 0 Å². The third kappa shape index (κ3) is 4.77. The first-order chi connectivity index (χ1) is 18.2. The average molecular weight is 767 g/mol. The van der Waals surface area contributed by atoms with Crippen molar-refractivity contribution in [1.82, 2.24) is 0 Å². The van der Waals surface area contributed by atoms with Crippen molar-refractivity contribution < 1.29 is 129 Å². The van der Waals surface area contributed by atoms with E-state index in [4.69, 9.17) is 9.79 Å². The lowest BCUT2D eigenvalue weighted by atomic mass is 9.84. The summed E-state index contributed by atoms with van der Waals surface area (Å²) in [6, 6.07) is 0. The molecule has 0 bridgehead atoms. The Balaban J connectivity index is 7.54. The summed E-state index contributed by atoms with van der Waals surface area (Å²) in [5.74, 6) is -103. The zero-order valence-corrected chi connectivity index (χ0v) is 20.1. The third-order valence-electron chi connectivity index (χ3n) is 5.04. The molecule has 31 heteroatoms. The molecule has 2 N–H and O–H groups in total. The van der Waals surface area contributed by atoms with Crippen LogP contribution in [0.25, 0.3) is 0 Å². The van der Waals surface area contributed by atoms with E-state index < -0.39 is 83.8 Å². The van der Waals surface area contributed by atoms with Crippen LogP contribution in [0.4, 0.5) is 114 Å². The molecule has 0 aliphatic carbocycles. The first kappa shape index (κ1) is 42.6. The maximum Gasteiger partial charge on any atom is 0.413 e. The number of halogens is 27. The highest BCUT2D eigenvalue weighted by molar-refractivity contribution is 7.53. The number of hydrogen-bond acceptors (Lipinski definition) is 1. The van der Waals surface area contributed by atoms with Crippen LogP contribution in [0.5, 0.6) is 0 Å². The van der Waals surface area contributed by atoms with Crippen LogP contribution >= 0.6 is 19.2 Å². The van der Waals surface area contributed by atoms with E-state index in [9.17, 15) is 119 Å². The van der Waals surface area contributed by atoms with E-state index in [0.29, 0.717) is 0 Å². The van der Waals surface area contributed by atoms with Crippen molar-refractivity contribution in [1.29, 1.82) is 0 Å². The fraction of sp³-hybridized carbons (Fsp3) is 1.00. The molecule has 0 fully saturated rings. The molecule has 0 saturated carbocycles. The minimum atomic E-state index is -9.84.